The average molecular weight is 288 g/mol. The van der Waals surface area contributed by atoms with Gasteiger partial charge in [-0.25, -0.2) is 0 Å². The molecule has 0 radical (unpaired) electrons. The molecule has 1 aromatic rings. The second kappa shape index (κ2) is 5.32. The van der Waals surface area contributed by atoms with E-state index in [4.69, 9.17) is 10.8 Å². The average Bonchev–Trinajstić information content (AvgIpc) is 2.22. The molecule has 0 aliphatic carbocycles. The van der Waals surface area contributed by atoms with Gasteiger partial charge in [-0.3, -0.25) is 4.79 Å². The molecule has 0 heterocycles. The first kappa shape index (κ1) is 13.0. The number of nitrogens with two attached hydrogens (primary N) is 1. The van der Waals surface area contributed by atoms with Gasteiger partial charge in [-0.15, -0.1) is 0 Å². The van der Waals surface area contributed by atoms with Crippen LogP contribution in [0.2, 0.25) is 0 Å². The molecule has 88 valence electrons. The molecule has 4 nitrogen and oxygen atoms in total. The van der Waals surface area contributed by atoms with E-state index in [1.165, 1.54) is 0 Å². The highest BCUT2D eigenvalue weighted by Gasteiger charge is 2.21. The molecule has 0 bridgehead atoms. The first-order valence-corrected chi connectivity index (χ1v) is 5.66. The van der Waals surface area contributed by atoms with E-state index in [9.17, 15) is 9.90 Å². The van der Waals surface area contributed by atoms with Crippen molar-refractivity contribution in [1.29, 1.82) is 0 Å². The molecule has 1 aromatic carbocycles. The summed E-state index contributed by atoms with van der Waals surface area (Å²) in [4.78, 5) is 10.7. The van der Waals surface area contributed by atoms with Gasteiger partial charge in [-0.1, -0.05) is 22.0 Å². The Morgan fingerprint density at radius 3 is 2.69 bits per heavy atom. The van der Waals surface area contributed by atoms with Gasteiger partial charge >= 0.3 is 5.97 Å². The Bertz CT molecular complexity index is 406. The number of carboxylic acid groups (broad SMARTS) is 1. The van der Waals surface area contributed by atoms with Crippen molar-refractivity contribution in [3.8, 4) is 5.75 Å². The molecule has 0 aliphatic heterocycles. The van der Waals surface area contributed by atoms with Gasteiger partial charge in [0.15, 0.2) is 0 Å². The van der Waals surface area contributed by atoms with Crippen molar-refractivity contribution in [2.75, 3.05) is 6.54 Å². The Hall–Kier alpha value is -1.07. The van der Waals surface area contributed by atoms with Crippen LogP contribution in [0.25, 0.3) is 0 Å². The molecule has 0 saturated heterocycles. The molecule has 0 saturated carbocycles. The SMILES string of the molecule is Cc1ccc(O)c(C(CN)CC(=O)O)c1Br. The van der Waals surface area contributed by atoms with E-state index in [0.29, 0.717) is 5.56 Å². The Kier molecular flexibility index (Phi) is 4.32. The fourth-order valence-corrected chi connectivity index (χ4v) is 2.25. The molecule has 0 fully saturated rings. The zero-order chi connectivity index (χ0) is 12.3. The third-order valence-corrected chi connectivity index (χ3v) is 3.52. The summed E-state index contributed by atoms with van der Waals surface area (Å²) in [7, 11) is 0. The van der Waals surface area contributed by atoms with Crippen LogP contribution in [0.4, 0.5) is 0 Å². The lowest BCUT2D eigenvalue weighted by Gasteiger charge is -2.17. The van der Waals surface area contributed by atoms with Crippen LogP contribution in [0.15, 0.2) is 16.6 Å². The largest absolute Gasteiger partial charge is 0.508 e. The maximum absolute atomic E-state index is 10.7. The van der Waals surface area contributed by atoms with Gasteiger partial charge in [0.1, 0.15) is 5.75 Å². The Morgan fingerprint density at radius 1 is 1.56 bits per heavy atom. The number of carbonyl (C=O) groups is 1. The summed E-state index contributed by atoms with van der Waals surface area (Å²) in [5.74, 6) is -1.23. The van der Waals surface area contributed by atoms with Gasteiger partial charge in [-0.2, -0.15) is 0 Å². The number of hydrogen-bond acceptors (Lipinski definition) is 3. The normalized spacial score (nSPS) is 12.4. The molecule has 0 spiro atoms. The zero-order valence-corrected chi connectivity index (χ0v) is 10.5. The van der Waals surface area contributed by atoms with Gasteiger partial charge < -0.3 is 15.9 Å². The summed E-state index contributed by atoms with van der Waals surface area (Å²) in [6, 6.07) is 3.32. The van der Waals surface area contributed by atoms with E-state index >= 15 is 0 Å². The summed E-state index contributed by atoms with van der Waals surface area (Å²) in [6.45, 7) is 2.06. The topological polar surface area (TPSA) is 83.5 Å². The lowest BCUT2D eigenvalue weighted by Crippen LogP contribution is -2.17. The lowest BCUT2D eigenvalue weighted by atomic mass is 9.93. The minimum absolute atomic E-state index is 0.0779. The second-order valence-electron chi connectivity index (χ2n) is 3.66. The fourth-order valence-electron chi connectivity index (χ4n) is 1.59. The Morgan fingerprint density at radius 2 is 2.19 bits per heavy atom. The highest BCUT2D eigenvalue weighted by Crippen LogP contribution is 2.36. The number of hydrogen-bond donors (Lipinski definition) is 3. The van der Waals surface area contributed by atoms with Crippen LogP contribution in [-0.2, 0) is 4.79 Å². The fraction of sp³-hybridized carbons (Fsp3) is 0.364. The number of phenols is 1. The van der Waals surface area contributed by atoms with E-state index in [2.05, 4.69) is 15.9 Å². The molecule has 16 heavy (non-hydrogen) atoms. The van der Waals surface area contributed by atoms with Crippen LogP contribution in [0.1, 0.15) is 23.5 Å². The van der Waals surface area contributed by atoms with E-state index in [1.807, 2.05) is 6.92 Å². The number of phenolic OH excluding ortho intramolecular Hbond substituents is 1. The first-order valence-electron chi connectivity index (χ1n) is 4.87. The molecule has 0 aliphatic rings. The van der Waals surface area contributed by atoms with Crippen LogP contribution >= 0.6 is 15.9 Å². The van der Waals surface area contributed by atoms with Crippen LogP contribution in [-0.4, -0.2) is 22.7 Å². The summed E-state index contributed by atoms with van der Waals surface area (Å²) in [5, 5.41) is 18.5. The molecule has 4 N–H and O–H groups in total. The van der Waals surface area contributed by atoms with Gasteiger partial charge in [0.05, 0.1) is 6.42 Å². The number of aryl methyl sites for hydroxylation is 1. The van der Waals surface area contributed by atoms with Crippen molar-refractivity contribution in [2.45, 2.75) is 19.3 Å². The second-order valence-corrected chi connectivity index (χ2v) is 4.45. The minimum atomic E-state index is -0.928. The predicted molar refractivity (Wildman–Crippen MR) is 64.6 cm³/mol. The highest BCUT2D eigenvalue weighted by molar-refractivity contribution is 9.10. The molecule has 1 atom stereocenters. The van der Waals surface area contributed by atoms with Crippen molar-refractivity contribution in [1.82, 2.24) is 0 Å². The van der Waals surface area contributed by atoms with E-state index < -0.39 is 5.97 Å². The number of benzene rings is 1. The molecular formula is C11H14BrNO3. The summed E-state index contributed by atoms with van der Waals surface area (Å²) >= 11 is 3.35. The number of aromatic hydroxyl groups is 1. The van der Waals surface area contributed by atoms with Crippen LogP contribution in [0, 0.1) is 6.92 Å². The smallest absolute Gasteiger partial charge is 0.304 e. The molecule has 1 unspecified atom stereocenters. The maximum Gasteiger partial charge on any atom is 0.304 e. The highest BCUT2D eigenvalue weighted by atomic mass is 79.9. The Labute approximate surface area is 102 Å². The van der Waals surface area contributed by atoms with Crippen molar-refractivity contribution < 1.29 is 15.0 Å². The monoisotopic (exact) mass is 287 g/mol. The van der Waals surface area contributed by atoms with Gasteiger partial charge in [-0.05, 0) is 25.1 Å². The number of rotatable bonds is 4. The van der Waals surface area contributed by atoms with Gasteiger partial charge in [0, 0.05) is 16.0 Å². The first-order chi connectivity index (χ1) is 7.47. The van der Waals surface area contributed by atoms with Crippen molar-refractivity contribution in [3.63, 3.8) is 0 Å². The quantitative estimate of drug-likeness (QED) is 0.791. The number of carboxylic acids is 1. The molecule has 0 aromatic heterocycles. The lowest BCUT2D eigenvalue weighted by molar-refractivity contribution is -0.137. The van der Waals surface area contributed by atoms with Crippen molar-refractivity contribution in [2.24, 2.45) is 5.73 Å². The summed E-state index contributed by atoms with van der Waals surface area (Å²) in [5.41, 5.74) is 7.06. The van der Waals surface area contributed by atoms with Crippen LogP contribution in [0.5, 0.6) is 5.75 Å². The maximum atomic E-state index is 10.7. The van der Waals surface area contributed by atoms with Crippen molar-refractivity contribution >= 4 is 21.9 Å². The van der Waals surface area contributed by atoms with E-state index in [0.717, 1.165) is 10.0 Å². The molecule has 5 heteroatoms. The van der Waals surface area contributed by atoms with E-state index in [-0.39, 0.29) is 24.6 Å². The van der Waals surface area contributed by atoms with Crippen molar-refractivity contribution in [3.05, 3.63) is 27.7 Å². The Balaban J connectivity index is 3.18. The standard InChI is InChI=1S/C11H14BrNO3/c1-6-2-3-8(14)10(11(6)12)7(5-13)4-9(15)16/h2-3,7,14H,4-5,13H2,1H3,(H,15,16). The van der Waals surface area contributed by atoms with Gasteiger partial charge in [0.2, 0.25) is 0 Å². The zero-order valence-electron chi connectivity index (χ0n) is 8.90. The number of aliphatic carboxylic acids is 1. The third-order valence-electron chi connectivity index (χ3n) is 2.46. The third kappa shape index (κ3) is 2.74. The number of halogens is 1. The molecule has 1 rings (SSSR count). The van der Waals surface area contributed by atoms with Crippen LogP contribution < -0.4 is 5.73 Å². The van der Waals surface area contributed by atoms with Gasteiger partial charge in [0.25, 0.3) is 0 Å². The van der Waals surface area contributed by atoms with Crippen LogP contribution in [0.3, 0.4) is 0 Å². The van der Waals surface area contributed by atoms with E-state index in [1.54, 1.807) is 12.1 Å². The predicted octanol–water partition coefficient (Wildman–Crippen LogP) is 1.98. The summed E-state index contributed by atoms with van der Waals surface area (Å²) < 4.78 is 0.726. The summed E-state index contributed by atoms with van der Waals surface area (Å²) in [6.07, 6.45) is -0.0912. The molecular weight excluding hydrogens is 274 g/mol. The minimum Gasteiger partial charge on any atom is -0.508 e. The molecule has 0 amide bonds.